The lowest BCUT2D eigenvalue weighted by Crippen LogP contribution is -2.34. The Kier molecular flexibility index (Phi) is 3.25. The molecule has 1 fully saturated rings. The number of thioether (sulfide) groups is 1. The van der Waals surface area contributed by atoms with Crippen LogP contribution in [0.5, 0.6) is 0 Å². The number of H-pyrrole nitrogens is 1. The minimum atomic E-state index is -0.0870. The van der Waals surface area contributed by atoms with Crippen LogP contribution in [0.2, 0.25) is 0 Å². The predicted octanol–water partition coefficient (Wildman–Crippen LogP) is 0.908. The molecule has 1 aliphatic rings. The van der Waals surface area contributed by atoms with Crippen molar-refractivity contribution in [3.63, 3.8) is 0 Å². The number of hydrogen-bond acceptors (Lipinski definition) is 4. The molecule has 0 saturated carbocycles. The third-order valence-corrected chi connectivity index (χ3v) is 3.42. The largest absolute Gasteiger partial charge is 0.342 e. The maximum Gasteiger partial charge on any atom is 0.235 e. The average Bonchev–Trinajstić information content (AvgIpc) is 2.88. The van der Waals surface area contributed by atoms with E-state index < -0.39 is 0 Å². The zero-order chi connectivity index (χ0) is 10.7. The second-order valence-corrected chi connectivity index (χ2v) is 4.91. The number of carbonyl (C=O) groups excluding carboxylic acids is 1. The van der Waals surface area contributed by atoms with Gasteiger partial charge in [0.15, 0.2) is 5.16 Å². The molecule has 1 aromatic heterocycles. The van der Waals surface area contributed by atoms with Gasteiger partial charge in [0, 0.05) is 13.1 Å². The average molecular weight is 226 g/mol. The number of likely N-dealkylation sites (tertiary alicyclic amines) is 1. The second kappa shape index (κ2) is 4.65. The number of nitrogens with zero attached hydrogens (tertiary/aromatic N) is 3. The third-order valence-electron chi connectivity index (χ3n) is 2.45. The Balaban J connectivity index is 1.89. The highest BCUT2D eigenvalue weighted by Crippen LogP contribution is 2.21. The van der Waals surface area contributed by atoms with Gasteiger partial charge in [0.05, 0.1) is 5.25 Å². The van der Waals surface area contributed by atoms with Gasteiger partial charge >= 0.3 is 0 Å². The molecule has 0 bridgehead atoms. The molecule has 6 heteroatoms. The quantitative estimate of drug-likeness (QED) is 0.778. The zero-order valence-electron chi connectivity index (χ0n) is 8.64. The number of rotatable bonds is 3. The van der Waals surface area contributed by atoms with Crippen LogP contribution < -0.4 is 0 Å². The van der Waals surface area contributed by atoms with Crippen LogP contribution in [0.4, 0.5) is 0 Å². The number of aromatic amines is 1. The van der Waals surface area contributed by atoms with E-state index in [9.17, 15) is 4.79 Å². The van der Waals surface area contributed by atoms with Gasteiger partial charge in [0.2, 0.25) is 5.91 Å². The van der Waals surface area contributed by atoms with E-state index in [4.69, 9.17) is 0 Å². The summed E-state index contributed by atoms with van der Waals surface area (Å²) in [5.41, 5.74) is 0. The second-order valence-electron chi connectivity index (χ2n) is 3.58. The van der Waals surface area contributed by atoms with Gasteiger partial charge in [-0.2, -0.15) is 5.10 Å². The van der Waals surface area contributed by atoms with Gasteiger partial charge in [-0.15, -0.1) is 0 Å². The first-order chi connectivity index (χ1) is 7.27. The van der Waals surface area contributed by atoms with Crippen LogP contribution in [0, 0.1) is 0 Å². The van der Waals surface area contributed by atoms with Crippen LogP contribution in [-0.4, -0.2) is 44.3 Å². The van der Waals surface area contributed by atoms with Gasteiger partial charge in [0.25, 0.3) is 0 Å². The number of amides is 1. The molecule has 0 unspecified atom stereocenters. The Bertz CT molecular complexity index is 321. The van der Waals surface area contributed by atoms with Crippen molar-refractivity contribution < 1.29 is 4.79 Å². The number of nitrogens with one attached hydrogen (secondary N) is 1. The molecule has 0 radical (unpaired) electrons. The van der Waals surface area contributed by atoms with E-state index in [1.165, 1.54) is 18.1 Å². The van der Waals surface area contributed by atoms with Crippen LogP contribution in [0.3, 0.4) is 0 Å². The van der Waals surface area contributed by atoms with Crippen molar-refractivity contribution in [2.75, 3.05) is 13.1 Å². The molecule has 1 amide bonds. The Hall–Kier alpha value is -1.04. The lowest BCUT2D eigenvalue weighted by Gasteiger charge is -2.18. The number of aromatic nitrogens is 3. The predicted molar refractivity (Wildman–Crippen MR) is 57.5 cm³/mol. The first-order valence-corrected chi connectivity index (χ1v) is 5.96. The lowest BCUT2D eigenvalue weighted by molar-refractivity contribution is -0.129. The van der Waals surface area contributed by atoms with Crippen LogP contribution in [0.1, 0.15) is 19.8 Å². The third kappa shape index (κ3) is 2.50. The minimum absolute atomic E-state index is 0.0870. The van der Waals surface area contributed by atoms with Gasteiger partial charge in [0.1, 0.15) is 6.33 Å². The van der Waals surface area contributed by atoms with E-state index in [1.54, 1.807) is 0 Å². The highest BCUT2D eigenvalue weighted by Gasteiger charge is 2.24. The summed E-state index contributed by atoms with van der Waals surface area (Å²) >= 11 is 1.42. The Morgan fingerprint density at radius 2 is 2.33 bits per heavy atom. The molecule has 0 spiro atoms. The van der Waals surface area contributed by atoms with Crippen LogP contribution in [-0.2, 0) is 4.79 Å². The Morgan fingerprint density at radius 3 is 2.93 bits per heavy atom. The molecule has 1 N–H and O–H groups in total. The minimum Gasteiger partial charge on any atom is -0.342 e. The van der Waals surface area contributed by atoms with Gasteiger partial charge in [-0.1, -0.05) is 11.8 Å². The van der Waals surface area contributed by atoms with Gasteiger partial charge in [-0.3, -0.25) is 9.89 Å². The summed E-state index contributed by atoms with van der Waals surface area (Å²) in [6, 6.07) is 0. The van der Waals surface area contributed by atoms with Crippen molar-refractivity contribution in [2.24, 2.45) is 0 Å². The normalized spacial score (nSPS) is 18.1. The van der Waals surface area contributed by atoms with Gasteiger partial charge in [-0.25, -0.2) is 4.98 Å². The standard InChI is InChI=1S/C9H14N4OS/c1-7(15-9-10-6-11-12-9)8(14)13-4-2-3-5-13/h6-7H,2-5H2,1H3,(H,10,11,12)/t7-/m0/s1. The number of hydrogen-bond donors (Lipinski definition) is 1. The molecular weight excluding hydrogens is 212 g/mol. The highest BCUT2D eigenvalue weighted by molar-refractivity contribution is 8.00. The smallest absolute Gasteiger partial charge is 0.235 e. The van der Waals surface area contributed by atoms with Crippen molar-refractivity contribution in [1.29, 1.82) is 0 Å². The monoisotopic (exact) mass is 226 g/mol. The van der Waals surface area contributed by atoms with E-state index >= 15 is 0 Å². The number of carbonyl (C=O) groups is 1. The molecule has 15 heavy (non-hydrogen) atoms. The molecule has 2 rings (SSSR count). The van der Waals surface area contributed by atoms with Gasteiger partial charge in [-0.05, 0) is 19.8 Å². The fraction of sp³-hybridized carbons (Fsp3) is 0.667. The summed E-state index contributed by atoms with van der Waals surface area (Å²) in [7, 11) is 0. The summed E-state index contributed by atoms with van der Waals surface area (Å²) in [5.74, 6) is 0.203. The maximum atomic E-state index is 11.9. The molecule has 1 aromatic rings. The van der Waals surface area contributed by atoms with Crippen LogP contribution in [0.15, 0.2) is 11.5 Å². The molecule has 0 aliphatic carbocycles. The molecule has 2 heterocycles. The topological polar surface area (TPSA) is 61.9 Å². The zero-order valence-corrected chi connectivity index (χ0v) is 9.46. The van der Waals surface area contributed by atoms with Crippen LogP contribution in [0.25, 0.3) is 0 Å². The fourth-order valence-corrected chi connectivity index (χ4v) is 2.46. The van der Waals surface area contributed by atoms with Crippen molar-refractivity contribution in [3.05, 3.63) is 6.33 Å². The van der Waals surface area contributed by atoms with Crippen molar-refractivity contribution >= 4 is 17.7 Å². The summed E-state index contributed by atoms with van der Waals surface area (Å²) in [6.07, 6.45) is 3.71. The maximum absolute atomic E-state index is 11.9. The molecule has 1 saturated heterocycles. The highest BCUT2D eigenvalue weighted by atomic mass is 32.2. The molecule has 82 valence electrons. The fourth-order valence-electron chi connectivity index (χ4n) is 1.66. The van der Waals surface area contributed by atoms with E-state index in [0.29, 0.717) is 5.16 Å². The SMILES string of the molecule is C[C@H](Sc1ncn[nH]1)C(=O)N1CCCC1. The van der Waals surface area contributed by atoms with E-state index in [-0.39, 0.29) is 11.2 Å². The summed E-state index contributed by atoms with van der Waals surface area (Å²) in [5, 5.41) is 7.11. The summed E-state index contributed by atoms with van der Waals surface area (Å²) in [6.45, 7) is 3.72. The molecule has 0 aromatic carbocycles. The molecule has 1 aliphatic heterocycles. The summed E-state index contributed by atoms with van der Waals surface area (Å²) in [4.78, 5) is 17.8. The first kappa shape index (κ1) is 10.5. The van der Waals surface area contributed by atoms with Gasteiger partial charge < -0.3 is 4.90 Å². The first-order valence-electron chi connectivity index (χ1n) is 5.08. The van der Waals surface area contributed by atoms with Crippen molar-refractivity contribution in [2.45, 2.75) is 30.2 Å². The van der Waals surface area contributed by atoms with E-state index in [2.05, 4.69) is 15.2 Å². The Morgan fingerprint density at radius 1 is 1.60 bits per heavy atom. The van der Waals surface area contributed by atoms with Crippen molar-refractivity contribution in [3.8, 4) is 0 Å². The van der Waals surface area contributed by atoms with Crippen LogP contribution >= 0.6 is 11.8 Å². The van der Waals surface area contributed by atoms with Crippen molar-refractivity contribution in [1.82, 2.24) is 20.1 Å². The molecule has 1 atom stereocenters. The van der Waals surface area contributed by atoms with E-state index in [0.717, 1.165) is 25.9 Å². The summed E-state index contributed by atoms with van der Waals surface area (Å²) < 4.78 is 0. The lowest BCUT2D eigenvalue weighted by atomic mass is 10.4. The molecule has 5 nitrogen and oxygen atoms in total. The molecular formula is C9H14N4OS. The van der Waals surface area contributed by atoms with E-state index in [1.807, 2.05) is 11.8 Å². The Labute approximate surface area is 92.6 Å².